The van der Waals surface area contributed by atoms with Crippen molar-refractivity contribution in [1.29, 1.82) is 0 Å². The van der Waals surface area contributed by atoms with Gasteiger partial charge in [-0.3, -0.25) is 0 Å². The Kier molecular flexibility index (Phi) is 5.41. The van der Waals surface area contributed by atoms with Crippen molar-refractivity contribution in [3.63, 3.8) is 0 Å². The smallest absolute Gasteiger partial charge is 0.317 e. The van der Waals surface area contributed by atoms with Crippen molar-refractivity contribution >= 4 is 11.7 Å². The fourth-order valence-corrected chi connectivity index (χ4v) is 3.48. The first kappa shape index (κ1) is 18.3. The van der Waals surface area contributed by atoms with Crippen LogP contribution in [0.3, 0.4) is 0 Å². The Balaban J connectivity index is 1.21. The highest BCUT2D eigenvalue weighted by molar-refractivity contribution is 5.74. The van der Waals surface area contributed by atoms with E-state index in [2.05, 4.69) is 22.3 Å². The molecule has 0 saturated carbocycles. The van der Waals surface area contributed by atoms with Crippen molar-refractivity contribution in [2.45, 2.75) is 6.42 Å². The van der Waals surface area contributed by atoms with E-state index in [1.165, 1.54) is 0 Å². The van der Waals surface area contributed by atoms with Gasteiger partial charge in [0.2, 0.25) is 6.79 Å². The van der Waals surface area contributed by atoms with Gasteiger partial charge < -0.3 is 29.3 Å². The molecule has 0 radical (unpaired) electrons. The number of nitrogens with one attached hydrogen (secondary N) is 1. The summed E-state index contributed by atoms with van der Waals surface area (Å²) in [5, 5.41) is 3.02. The Bertz CT molecular complexity index is 817. The predicted octanol–water partition coefficient (Wildman–Crippen LogP) is 2.50. The lowest BCUT2D eigenvalue weighted by Gasteiger charge is -2.36. The third-order valence-corrected chi connectivity index (χ3v) is 5.13. The minimum Gasteiger partial charge on any atom is -0.497 e. The van der Waals surface area contributed by atoms with Crippen LogP contribution in [-0.2, 0) is 6.42 Å². The molecular formula is C21H25N3O4. The van der Waals surface area contributed by atoms with E-state index in [0.29, 0.717) is 19.6 Å². The lowest BCUT2D eigenvalue weighted by Crippen LogP contribution is -2.52. The first-order chi connectivity index (χ1) is 13.7. The second kappa shape index (κ2) is 8.29. The van der Waals surface area contributed by atoms with Crippen LogP contribution in [0.4, 0.5) is 10.5 Å². The molecule has 0 unspecified atom stereocenters. The number of carbonyl (C=O) groups excluding carboxylic acids is 1. The van der Waals surface area contributed by atoms with Gasteiger partial charge in [-0.1, -0.05) is 6.07 Å². The summed E-state index contributed by atoms with van der Waals surface area (Å²) >= 11 is 0. The van der Waals surface area contributed by atoms with Crippen LogP contribution in [0.25, 0.3) is 0 Å². The van der Waals surface area contributed by atoms with Crippen LogP contribution in [0.2, 0.25) is 0 Å². The van der Waals surface area contributed by atoms with E-state index in [-0.39, 0.29) is 12.8 Å². The van der Waals surface area contributed by atoms with Crippen LogP contribution in [0, 0.1) is 0 Å². The molecule has 0 aromatic heterocycles. The Labute approximate surface area is 164 Å². The van der Waals surface area contributed by atoms with Gasteiger partial charge in [-0.2, -0.15) is 0 Å². The normalized spacial score (nSPS) is 15.5. The van der Waals surface area contributed by atoms with Crippen molar-refractivity contribution in [1.82, 2.24) is 10.2 Å². The molecule has 1 fully saturated rings. The number of rotatable bonds is 5. The number of piperazine rings is 1. The fourth-order valence-electron chi connectivity index (χ4n) is 3.48. The molecule has 0 atom stereocenters. The van der Waals surface area contributed by atoms with E-state index >= 15 is 0 Å². The van der Waals surface area contributed by atoms with E-state index in [1.807, 2.05) is 35.2 Å². The number of hydrogen-bond donors (Lipinski definition) is 1. The van der Waals surface area contributed by atoms with E-state index < -0.39 is 0 Å². The number of benzene rings is 2. The number of anilines is 1. The largest absolute Gasteiger partial charge is 0.497 e. The van der Waals surface area contributed by atoms with Crippen LogP contribution in [0.5, 0.6) is 17.2 Å². The number of nitrogens with zero attached hydrogens (tertiary/aromatic N) is 2. The molecule has 2 aliphatic rings. The predicted molar refractivity (Wildman–Crippen MR) is 106 cm³/mol. The summed E-state index contributed by atoms with van der Waals surface area (Å²) in [4.78, 5) is 16.6. The lowest BCUT2D eigenvalue weighted by molar-refractivity contribution is 0.174. The molecule has 2 aliphatic heterocycles. The lowest BCUT2D eigenvalue weighted by atomic mass is 10.1. The van der Waals surface area contributed by atoms with Crippen LogP contribution >= 0.6 is 0 Å². The second-order valence-electron chi connectivity index (χ2n) is 6.84. The summed E-state index contributed by atoms with van der Waals surface area (Å²) in [5.74, 6) is 2.41. The highest BCUT2D eigenvalue weighted by Gasteiger charge is 2.21. The van der Waals surface area contributed by atoms with Gasteiger partial charge in [-0.25, -0.2) is 4.79 Å². The minimum atomic E-state index is -0.00451. The van der Waals surface area contributed by atoms with E-state index in [1.54, 1.807) is 7.11 Å². The number of amides is 2. The average Bonchev–Trinajstić information content (AvgIpc) is 3.22. The van der Waals surface area contributed by atoms with E-state index in [9.17, 15) is 4.79 Å². The highest BCUT2D eigenvalue weighted by Crippen LogP contribution is 2.32. The van der Waals surface area contributed by atoms with Gasteiger partial charge in [0, 0.05) is 38.4 Å². The molecule has 2 heterocycles. The molecular weight excluding hydrogens is 358 g/mol. The molecule has 0 aliphatic carbocycles. The van der Waals surface area contributed by atoms with Gasteiger partial charge in [0.25, 0.3) is 0 Å². The van der Waals surface area contributed by atoms with Crippen molar-refractivity contribution in [2.75, 3.05) is 51.5 Å². The monoisotopic (exact) mass is 383 g/mol. The molecule has 28 heavy (non-hydrogen) atoms. The molecule has 0 bridgehead atoms. The van der Waals surface area contributed by atoms with Gasteiger partial charge >= 0.3 is 6.03 Å². The van der Waals surface area contributed by atoms with Crippen molar-refractivity contribution in [3.8, 4) is 17.2 Å². The number of ether oxygens (including phenoxy) is 3. The fraction of sp³-hybridized carbons (Fsp3) is 0.381. The van der Waals surface area contributed by atoms with Gasteiger partial charge in [0.1, 0.15) is 5.75 Å². The van der Waals surface area contributed by atoms with Crippen molar-refractivity contribution in [3.05, 3.63) is 48.0 Å². The summed E-state index contributed by atoms with van der Waals surface area (Å²) in [6, 6.07) is 13.9. The zero-order valence-corrected chi connectivity index (χ0v) is 16.0. The molecule has 1 saturated heterocycles. The molecule has 2 aromatic carbocycles. The van der Waals surface area contributed by atoms with Crippen LogP contribution < -0.4 is 24.4 Å². The number of urea groups is 1. The third kappa shape index (κ3) is 4.08. The van der Waals surface area contributed by atoms with Crippen molar-refractivity contribution < 1.29 is 19.0 Å². The Hall–Kier alpha value is -3.09. The second-order valence-corrected chi connectivity index (χ2v) is 6.84. The quantitative estimate of drug-likeness (QED) is 0.860. The topological polar surface area (TPSA) is 63.3 Å². The molecule has 7 nitrogen and oxygen atoms in total. The number of carbonyl (C=O) groups is 1. The van der Waals surface area contributed by atoms with Gasteiger partial charge in [-0.15, -0.1) is 0 Å². The first-order valence-corrected chi connectivity index (χ1v) is 9.53. The molecule has 2 amide bonds. The molecule has 7 heteroatoms. The highest BCUT2D eigenvalue weighted by atomic mass is 16.7. The van der Waals surface area contributed by atoms with Gasteiger partial charge in [0.15, 0.2) is 11.5 Å². The summed E-state index contributed by atoms with van der Waals surface area (Å²) in [5.41, 5.74) is 2.28. The maximum Gasteiger partial charge on any atom is 0.317 e. The SMILES string of the molecule is COc1ccc(N2CCN(C(=O)NCCc3ccc4c(c3)OCO4)CC2)cc1. The van der Waals surface area contributed by atoms with Crippen molar-refractivity contribution in [2.24, 2.45) is 0 Å². The maximum atomic E-state index is 12.4. The van der Waals surface area contributed by atoms with E-state index in [0.717, 1.165) is 48.0 Å². The Morgan fingerprint density at radius 1 is 1.04 bits per heavy atom. The average molecular weight is 383 g/mol. The summed E-state index contributed by atoms with van der Waals surface area (Å²) in [7, 11) is 1.67. The molecule has 1 N–H and O–H groups in total. The maximum absolute atomic E-state index is 12.4. The molecule has 2 aromatic rings. The standard InChI is InChI=1S/C21H25N3O4/c1-26-18-5-3-17(4-6-18)23-10-12-24(13-11-23)21(25)22-9-8-16-2-7-19-20(14-16)28-15-27-19/h2-7,14H,8-13,15H2,1H3,(H,22,25). The van der Waals surface area contributed by atoms with Gasteiger partial charge in [0.05, 0.1) is 7.11 Å². The number of fused-ring (bicyclic) bond motifs is 1. The number of methoxy groups -OCH3 is 1. The zero-order chi connectivity index (χ0) is 19.3. The Morgan fingerprint density at radius 2 is 1.79 bits per heavy atom. The number of hydrogen-bond acceptors (Lipinski definition) is 5. The minimum absolute atomic E-state index is 0.00451. The molecule has 0 spiro atoms. The van der Waals surface area contributed by atoms with Crippen LogP contribution in [0.15, 0.2) is 42.5 Å². The zero-order valence-electron chi connectivity index (χ0n) is 16.0. The first-order valence-electron chi connectivity index (χ1n) is 9.53. The molecule has 4 rings (SSSR count). The van der Waals surface area contributed by atoms with E-state index in [4.69, 9.17) is 14.2 Å². The molecule has 148 valence electrons. The van der Waals surface area contributed by atoms with Crippen LogP contribution in [-0.4, -0.2) is 57.6 Å². The summed E-state index contributed by atoms with van der Waals surface area (Å²) in [6.07, 6.45) is 0.758. The third-order valence-electron chi connectivity index (χ3n) is 5.13. The summed E-state index contributed by atoms with van der Waals surface area (Å²) < 4.78 is 15.9. The van der Waals surface area contributed by atoms with Gasteiger partial charge in [-0.05, 0) is 48.4 Å². The Morgan fingerprint density at radius 3 is 2.54 bits per heavy atom. The summed E-state index contributed by atoms with van der Waals surface area (Å²) in [6.45, 7) is 3.93. The van der Waals surface area contributed by atoms with Crippen LogP contribution in [0.1, 0.15) is 5.56 Å².